The van der Waals surface area contributed by atoms with Gasteiger partial charge >= 0.3 is 0 Å². The van der Waals surface area contributed by atoms with Gasteiger partial charge in [0, 0.05) is 19.0 Å². The number of methoxy groups -OCH3 is 1. The fraction of sp³-hybridized carbons (Fsp3) is 0.304. The molecule has 140 valence electrons. The quantitative estimate of drug-likeness (QED) is 0.819. The van der Waals surface area contributed by atoms with E-state index < -0.39 is 6.23 Å². The molecule has 2 unspecified atom stereocenters. The third-order valence-electron chi connectivity index (χ3n) is 5.58. The molecule has 0 saturated heterocycles. The summed E-state index contributed by atoms with van der Waals surface area (Å²) in [6.45, 7) is 3.41. The Hall–Kier alpha value is -2.43. The van der Waals surface area contributed by atoms with Crippen molar-refractivity contribution in [1.29, 1.82) is 0 Å². The number of benzene rings is 2. The monoisotopic (exact) mass is 365 g/mol. The summed E-state index contributed by atoms with van der Waals surface area (Å²) in [6, 6.07) is 12.9. The van der Waals surface area contributed by atoms with Gasteiger partial charge in [-0.1, -0.05) is 35.9 Å². The van der Waals surface area contributed by atoms with E-state index in [9.17, 15) is 9.50 Å². The lowest BCUT2D eigenvalue weighted by molar-refractivity contribution is 0.0246. The highest BCUT2D eigenvalue weighted by atomic mass is 19.1. The van der Waals surface area contributed by atoms with E-state index in [1.807, 2.05) is 18.2 Å². The molecular formula is C23H24FNO2. The second kappa shape index (κ2) is 7.29. The van der Waals surface area contributed by atoms with Gasteiger partial charge in [-0.3, -0.25) is 4.90 Å². The van der Waals surface area contributed by atoms with Gasteiger partial charge in [0.1, 0.15) is 17.8 Å². The van der Waals surface area contributed by atoms with E-state index in [0.717, 1.165) is 36.4 Å². The second-order valence-electron chi connectivity index (χ2n) is 7.17. The molecule has 2 aliphatic rings. The first kappa shape index (κ1) is 18.0. The number of nitrogens with zero attached hydrogens (tertiary/aromatic N) is 1. The molecular weight excluding hydrogens is 341 g/mol. The van der Waals surface area contributed by atoms with Crippen molar-refractivity contribution in [3.8, 4) is 5.75 Å². The van der Waals surface area contributed by atoms with Crippen LogP contribution in [0.3, 0.4) is 0 Å². The van der Waals surface area contributed by atoms with E-state index in [4.69, 9.17) is 4.74 Å². The maximum Gasteiger partial charge on any atom is 0.123 e. The van der Waals surface area contributed by atoms with Crippen molar-refractivity contribution in [3.63, 3.8) is 0 Å². The SMILES string of the molecule is COc1ccc2c(c1)C(C1=CCN(C(C)O)CC1)C=C2c1ccc(F)cc1. The number of halogens is 1. The van der Waals surface area contributed by atoms with Crippen LogP contribution in [0.5, 0.6) is 5.75 Å². The van der Waals surface area contributed by atoms with Crippen molar-refractivity contribution >= 4 is 5.57 Å². The van der Waals surface area contributed by atoms with Gasteiger partial charge in [0.05, 0.1) is 7.11 Å². The molecule has 0 aromatic heterocycles. The number of hydrogen-bond donors (Lipinski definition) is 1. The zero-order valence-corrected chi connectivity index (χ0v) is 15.7. The van der Waals surface area contributed by atoms with Crippen molar-refractivity contribution in [2.75, 3.05) is 20.2 Å². The molecule has 1 N–H and O–H groups in total. The Bertz CT molecular complexity index is 899. The maximum atomic E-state index is 13.4. The molecule has 3 nitrogen and oxygen atoms in total. The summed E-state index contributed by atoms with van der Waals surface area (Å²) in [4.78, 5) is 2.05. The number of ether oxygens (including phenoxy) is 1. The number of aliphatic hydroxyl groups excluding tert-OH is 1. The van der Waals surface area contributed by atoms with Crippen molar-refractivity contribution in [2.45, 2.75) is 25.5 Å². The molecule has 1 aliphatic heterocycles. The molecule has 1 aliphatic carbocycles. The van der Waals surface area contributed by atoms with Gasteiger partial charge in [0.2, 0.25) is 0 Å². The molecule has 2 atom stereocenters. The van der Waals surface area contributed by atoms with Gasteiger partial charge in [0.25, 0.3) is 0 Å². The highest BCUT2D eigenvalue weighted by molar-refractivity contribution is 5.87. The van der Waals surface area contributed by atoms with Crippen LogP contribution in [-0.2, 0) is 0 Å². The Balaban J connectivity index is 1.74. The van der Waals surface area contributed by atoms with E-state index >= 15 is 0 Å². The Labute approximate surface area is 159 Å². The van der Waals surface area contributed by atoms with Gasteiger partial charge in [0.15, 0.2) is 0 Å². The average Bonchev–Trinajstić information content (AvgIpc) is 3.07. The van der Waals surface area contributed by atoms with Crippen LogP contribution in [0.4, 0.5) is 4.39 Å². The standard InChI is InChI=1S/C23H24FNO2/c1-15(26)25-11-9-17(10-12-25)22-14-21(16-3-5-18(24)6-4-16)20-8-7-19(27-2)13-23(20)22/h3-9,13-15,22,26H,10-12H2,1-2H3. The average molecular weight is 365 g/mol. The van der Waals surface area contributed by atoms with Crippen molar-refractivity contribution in [3.05, 3.63) is 82.7 Å². The van der Waals surface area contributed by atoms with Gasteiger partial charge < -0.3 is 9.84 Å². The molecule has 4 rings (SSSR count). The van der Waals surface area contributed by atoms with E-state index in [2.05, 4.69) is 29.2 Å². The van der Waals surface area contributed by atoms with Gasteiger partial charge in [-0.25, -0.2) is 4.39 Å². The molecule has 0 amide bonds. The van der Waals surface area contributed by atoms with Crippen molar-refractivity contribution < 1.29 is 14.2 Å². The molecule has 0 bridgehead atoms. The predicted octanol–water partition coefficient (Wildman–Crippen LogP) is 4.33. The molecule has 0 fully saturated rings. The second-order valence-corrected chi connectivity index (χ2v) is 7.17. The van der Waals surface area contributed by atoms with Gasteiger partial charge in [-0.05, 0) is 59.9 Å². The number of allylic oxidation sites excluding steroid dienone is 1. The van der Waals surface area contributed by atoms with Crippen LogP contribution in [0.25, 0.3) is 5.57 Å². The normalized spacial score (nSPS) is 20.7. The van der Waals surface area contributed by atoms with E-state index in [-0.39, 0.29) is 11.7 Å². The molecule has 2 aromatic carbocycles. The highest BCUT2D eigenvalue weighted by Gasteiger charge is 2.29. The Kier molecular flexibility index (Phi) is 4.85. The smallest absolute Gasteiger partial charge is 0.123 e. The number of hydrogen-bond acceptors (Lipinski definition) is 3. The number of aliphatic hydroxyl groups is 1. The summed E-state index contributed by atoms with van der Waals surface area (Å²) in [6.07, 6.45) is 5.00. The van der Waals surface area contributed by atoms with Crippen molar-refractivity contribution in [1.82, 2.24) is 4.90 Å². The van der Waals surface area contributed by atoms with Crippen molar-refractivity contribution in [2.24, 2.45) is 0 Å². The van der Waals surface area contributed by atoms with Crippen LogP contribution in [0.15, 0.2) is 60.2 Å². The summed E-state index contributed by atoms with van der Waals surface area (Å²) in [5.41, 5.74) is 5.92. The molecule has 2 aromatic rings. The lowest BCUT2D eigenvalue weighted by Gasteiger charge is -2.30. The lowest BCUT2D eigenvalue weighted by Crippen LogP contribution is -2.36. The van der Waals surface area contributed by atoms with E-state index in [1.54, 1.807) is 14.0 Å². The van der Waals surface area contributed by atoms with Gasteiger partial charge in [-0.15, -0.1) is 0 Å². The van der Waals surface area contributed by atoms with E-state index in [0.29, 0.717) is 0 Å². The predicted molar refractivity (Wildman–Crippen MR) is 105 cm³/mol. The van der Waals surface area contributed by atoms with Crippen LogP contribution in [-0.4, -0.2) is 36.4 Å². The molecule has 4 heteroatoms. The fourth-order valence-corrected chi connectivity index (χ4v) is 4.03. The van der Waals surface area contributed by atoms with Crippen LogP contribution in [0.1, 0.15) is 36.0 Å². The van der Waals surface area contributed by atoms with Crippen LogP contribution >= 0.6 is 0 Å². The Morgan fingerprint density at radius 2 is 1.96 bits per heavy atom. The molecule has 0 radical (unpaired) electrons. The Morgan fingerprint density at radius 1 is 1.19 bits per heavy atom. The first-order valence-corrected chi connectivity index (χ1v) is 9.34. The third kappa shape index (κ3) is 3.43. The summed E-state index contributed by atoms with van der Waals surface area (Å²) in [5, 5.41) is 9.81. The third-order valence-corrected chi connectivity index (χ3v) is 5.58. The highest BCUT2D eigenvalue weighted by Crippen LogP contribution is 2.45. The zero-order valence-electron chi connectivity index (χ0n) is 15.7. The molecule has 0 spiro atoms. The first-order valence-electron chi connectivity index (χ1n) is 9.34. The van der Waals surface area contributed by atoms with E-state index in [1.165, 1.54) is 28.8 Å². The van der Waals surface area contributed by atoms with Crippen LogP contribution < -0.4 is 4.74 Å². The fourth-order valence-electron chi connectivity index (χ4n) is 4.03. The Morgan fingerprint density at radius 3 is 2.59 bits per heavy atom. The minimum absolute atomic E-state index is 0.186. The molecule has 27 heavy (non-hydrogen) atoms. The molecule has 0 saturated carbocycles. The minimum atomic E-state index is -0.427. The van der Waals surface area contributed by atoms with Crippen LogP contribution in [0, 0.1) is 5.82 Å². The lowest BCUT2D eigenvalue weighted by atomic mass is 9.89. The largest absolute Gasteiger partial charge is 0.497 e. The summed E-state index contributed by atoms with van der Waals surface area (Å²) in [5.74, 6) is 0.804. The minimum Gasteiger partial charge on any atom is -0.497 e. The summed E-state index contributed by atoms with van der Waals surface area (Å²) < 4.78 is 18.8. The first-order chi connectivity index (χ1) is 13.1. The topological polar surface area (TPSA) is 32.7 Å². The number of fused-ring (bicyclic) bond motifs is 1. The number of rotatable bonds is 4. The zero-order chi connectivity index (χ0) is 19.0. The van der Waals surface area contributed by atoms with Gasteiger partial charge in [-0.2, -0.15) is 0 Å². The summed E-state index contributed by atoms with van der Waals surface area (Å²) in [7, 11) is 1.68. The molecule has 1 heterocycles. The maximum absolute atomic E-state index is 13.4. The van der Waals surface area contributed by atoms with Crippen LogP contribution in [0.2, 0.25) is 0 Å². The summed E-state index contributed by atoms with van der Waals surface area (Å²) >= 11 is 0.